The van der Waals surface area contributed by atoms with Crippen LogP contribution in [0.25, 0.3) is 0 Å². The van der Waals surface area contributed by atoms with Gasteiger partial charge in [0.15, 0.2) is 0 Å². The van der Waals surface area contributed by atoms with E-state index in [2.05, 4.69) is 33.0 Å². The summed E-state index contributed by atoms with van der Waals surface area (Å²) in [4.78, 5) is 12.1. The molecule has 0 spiro atoms. The predicted octanol–water partition coefficient (Wildman–Crippen LogP) is 3.55. The maximum Gasteiger partial charge on any atom is 0.231 e. The molecule has 0 aromatic heterocycles. The molecule has 1 aromatic rings. The van der Waals surface area contributed by atoms with Crippen molar-refractivity contribution in [3.8, 4) is 0 Å². The number of amides is 1. The SMILES string of the molecule is CC(C)c1cccc(C(C)C)c1NC(=O)CC(N)=S. The second kappa shape index (κ2) is 6.66. The molecule has 0 aliphatic carbocycles. The van der Waals surface area contributed by atoms with Crippen molar-refractivity contribution >= 4 is 28.8 Å². The quantitative estimate of drug-likeness (QED) is 0.810. The standard InChI is InChI=1S/C15H22N2OS/c1-9(2)11-6-5-7-12(10(3)4)15(11)17-14(18)8-13(16)19/h5-7,9-10H,8H2,1-4H3,(H2,16,19)(H,17,18). The molecule has 19 heavy (non-hydrogen) atoms. The van der Waals surface area contributed by atoms with Crippen molar-refractivity contribution < 1.29 is 4.79 Å². The van der Waals surface area contributed by atoms with Crippen molar-refractivity contribution in [1.82, 2.24) is 0 Å². The molecule has 4 heteroatoms. The zero-order chi connectivity index (χ0) is 14.6. The van der Waals surface area contributed by atoms with Crippen LogP contribution in [0.1, 0.15) is 57.1 Å². The number of rotatable bonds is 5. The van der Waals surface area contributed by atoms with Crippen molar-refractivity contribution in [2.45, 2.75) is 46.0 Å². The molecule has 0 unspecified atom stereocenters. The molecular formula is C15H22N2OS. The number of nitrogens with two attached hydrogens (primary N) is 1. The van der Waals surface area contributed by atoms with Gasteiger partial charge in [-0.05, 0) is 23.0 Å². The summed E-state index contributed by atoms with van der Waals surface area (Å²) in [6.45, 7) is 8.46. The monoisotopic (exact) mass is 278 g/mol. The fraction of sp³-hybridized carbons (Fsp3) is 0.467. The summed E-state index contributed by atoms with van der Waals surface area (Å²) in [7, 11) is 0. The molecule has 0 bridgehead atoms. The van der Waals surface area contributed by atoms with Gasteiger partial charge >= 0.3 is 0 Å². The molecule has 1 rings (SSSR count). The Morgan fingerprint density at radius 1 is 1.21 bits per heavy atom. The fourth-order valence-electron chi connectivity index (χ4n) is 2.04. The third-order valence-electron chi connectivity index (χ3n) is 2.97. The van der Waals surface area contributed by atoms with Crippen molar-refractivity contribution in [2.75, 3.05) is 5.32 Å². The van der Waals surface area contributed by atoms with Crippen molar-refractivity contribution in [3.05, 3.63) is 29.3 Å². The number of hydrogen-bond donors (Lipinski definition) is 2. The molecule has 0 aliphatic heterocycles. The number of carbonyl (C=O) groups is 1. The van der Waals surface area contributed by atoms with Crippen LogP contribution in [-0.2, 0) is 4.79 Å². The number of benzene rings is 1. The Balaban J connectivity index is 3.14. The zero-order valence-electron chi connectivity index (χ0n) is 12.0. The lowest BCUT2D eigenvalue weighted by Gasteiger charge is -2.20. The van der Waals surface area contributed by atoms with E-state index in [0.29, 0.717) is 11.8 Å². The summed E-state index contributed by atoms with van der Waals surface area (Å²) in [5.74, 6) is 0.542. The van der Waals surface area contributed by atoms with Crippen LogP contribution in [-0.4, -0.2) is 10.9 Å². The molecule has 0 fully saturated rings. The van der Waals surface area contributed by atoms with E-state index >= 15 is 0 Å². The first kappa shape index (κ1) is 15.6. The average molecular weight is 278 g/mol. The molecule has 3 nitrogen and oxygen atoms in total. The molecule has 0 atom stereocenters. The van der Waals surface area contributed by atoms with Gasteiger partial charge in [-0.3, -0.25) is 4.79 Å². The van der Waals surface area contributed by atoms with Gasteiger partial charge in [-0.15, -0.1) is 0 Å². The first-order valence-corrected chi connectivity index (χ1v) is 6.94. The third-order valence-corrected chi connectivity index (χ3v) is 3.12. The van der Waals surface area contributed by atoms with E-state index in [1.54, 1.807) is 0 Å². The van der Waals surface area contributed by atoms with Crippen LogP contribution in [0.5, 0.6) is 0 Å². The second-order valence-electron chi connectivity index (χ2n) is 5.31. The lowest BCUT2D eigenvalue weighted by atomic mass is 9.92. The van der Waals surface area contributed by atoms with E-state index in [1.165, 1.54) is 0 Å². The number of para-hydroxylation sites is 1. The maximum absolute atomic E-state index is 11.9. The Labute approximate surface area is 120 Å². The molecule has 1 amide bonds. The Hall–Kier alpha value is -1.42. The molecule has 1 aromatic carbocycles. The Bertz CT molecular complexity index is 455. The van der Waals surface area contributed by atoms with Gasteiger partial charge in [0.1, 0.15) is 0 Å². The smallest absolute Gasteiger partial charge is 0.231 e. The molecule has 0 radical (unpaired) electrons. The Morgan fingerprint density at radius 2 is 1.68 bits per heavy atom. The van der Waals surface area contributed by atoms with Crippen LogP contribution in [0, 0.1) is 0 Å². The molecule has 0 aliphatic rings. The van der Waals surface area contributed by atoms with E-state index in [9.17, 15) is 4.79 Å². The topological polar surface area (TPSA) is 55.1 Å². The highest BCUT2D eigenvalue weighted by Gasteiger charge is 2.15. The van der Waals surface area contributed by atoms with Crippen molar-refractivity contribution in [3.63, 3.8) is 0 Å². The third kappa shape index (κ3) is 4.31. The van der Waals surface area contributed by atoms with Crippen molar-refractivity contribution in [1.29, 1.82) is 0 Å². The lowest BCUT2D eigenvalue weighted by Crippen LogP contribution is -2.21. The molecule has 3 N–H and O–H groups in total. The minimum absolute atomic E-state index is 0.0826. The molecular weight excluding hydrogens is 256 g/mol. The number of thiocarbonyl (C=S) groups is 1. The van der Waals surface area contributed by atoms with Crippen LogP contribution in [0.3, 0.4) is 0 Å². The van der Waals surface area contributed by atoms with Crippen molar-refractivity contribution in [2.24, 2.45) is 5.73 Å². The maximum atomic E-state index is 11.9. The predicted molar refractivity (Wildman–Crippen MR) is 84.7 cm³/mol. The van der Waals surface area contributed by atoms with Gasteiger partial charge in [0.05, 0.1) is 11.4 Å². The molecule has 0 saturated carbocycles. The average Bonchev–Trinajstić information content (AvgIpc) is 2.27. The van der Waals surface area contributed by atoms with Gasteiger partial charge < -0.3 is 11.1 Å². The highest BCUT2D eigenvalue weighted by Crippen LogP contribution is 2.32. The van der Waals surface area contributed by atoms with E-state index in [1.807, 2.05) is 18.2 Å². The van der Waals surface area contributed by atoms with E-state index in [-0.39, 0.29) is 17.3 Å². The van der Waals surface area contributed by atoms with Gasteiger partial charge in [-0.2, -0.15) is 0 Å². The fourth-order valence-corrected chi connectivity index (χ4v) is 2.17. The number of nitrogens with one attached hydrogen (secondary N) is 1. The Morgan fingerprint density at radius 3 is 2.05 bits per heavy atom. The Kier molecular flexibility index (Phi) is 5.48. The summed E-state index contributed by atoms with van der Waals surface area (Å²) in [6, 6.07) is 6.13. The van der Waals surface area contributed by atoms with Crippen LogP contribution < -0.4 is 11.1 Å². The van der Waals surface area contributed by atoms with Crippen LogP contribution in [0.4, 0.5) is 5.69 Å². The summed E-state index contributed by atoms with van der Waals surface area (Å²) >= 11 is 4.77. The zero-order valence-corrected chi connectivity index (χ0v) is 12.8. The highest BCUT2D eigenvalue weighted by molar-refractivity contribution is 7.80. The summed E-state index contributed by atoms with van der Waals surface area (Å²) in [6.07, 6.45) is 0.0826. The van der Waals surface area contributed by atoms with Gasteiger partial charge in [0.25, 0.3) is 0 Å². The van der Waals surface area contributed by atoms with Crippen LogP contribution in [0.2, 0.25) is 0 Å². The molecule has 0 saturated heterocycles. The number of carbonyl (C=O) groups excluding carboxylic acids is 1. The summed E-state index contributed by atoms with van der Waals surface area (Å²) < 4.78 is 0. The van der Waals surface area contributed by atoms with Gasteiger partial charge in [0, 0.05) is 5.69 Å². The lowest BCUT2D eigenvalue weighted by molar-refractivity contribution is -0.115. The normalized spacial score (nSPS) is 10.8. The second-order valence-corrected chi connectivity index (χ2v) is 5.84. The van der Waals surface area contributed by atoms with Crippen LogP contribution >= 0.6 is 12.2 Å². The van der Waals surface area contributed by atoms with Gasteiger partial charge in [0.2, 0.25) is 5.91 Å². The van der Waals surface area contributed by atoms with Gasteiger partial charge in [-0.25, -0.2) is 0 Å². The molecule has 104 valence electrons. The highest BCUT2D eigenvalue weighted by atomic mass is 32.1. The number of anilines is 1. The van der Waals surface area contributed by atoms with Crippen LogP contribution in [0.15, 0.2) is 18.2 Å². The number of hydrogen-bond acceptors (Lipinski definition) is 2. The van der Waals surface area contributed by atoms with E-state index in [4.69, 9.17) is 18.0 Å². The van der Waals surface area contributed by atoms with Gasteiger partial charge in [-0.1, -0.05) is 58.1 Å². The summed E-state index contributed by atoms with van der Waals surface area (Å²) in [5, 5.41) is 2.97. The minimum atomic E-state index is -0.150. The first-order valence-electron chi connectivity index (χ1n) is 6.53. The molecule has 0 heterocycles. The minimum Gasteiger partial charge on any atom is -0.393 e. The largest absolute Gasteiger partial charge is 0.393 e. The first-order chi connectivity index (χ1) is 8.82. The van der Waals surface area contributed by atoms with E-state index < -0.39 is 0 Å². The summed E-state index contributed by atoms with van der Waals surface area (Å²) in [5.41, 5.74) is 8.61. The van der Waals surface area contributed by atoms with E-state index in [0.717, 1.165) is 16.8 Å².